The topological polar surface area (TPSA) is 71.5 Å². The fourth-order valence-corrected chi connectivity index (χ4v) is 2.39. The summed E-state index contributed by atoms with van der Waals surface area (Å²) < 4.78 is 5.17. The van der Waals surface area contributed by atoms with Gasteiger partial charge in [-0.1, -0.05) is 11.6 Å². The van der Waals surface area contributed by atoms with Crippen molar-refractivity contribution < 1.29 is 14.3 Å². The molecule has 2 rings (SSSR count). The monoisotopic (exact) mass is 361 g/mol. The van der Waals surface area contributed by atoms with Crippen LogP contribution >= 0.6 is 11.6 Å². The minimum atomic E-state index is -0.415. The van der Waals surface area contributed by atoms with E-state index in [2.05, 4.69) is 10.3 Å². The van der Waals surface area contributed by atoms with Crippen molar-refractivity contribution in [2.24, 2.45) is 0 Å². The molecule has 0 atom stereocenters. The van der Waals surface area contributed by atoms with Crippen LogP contribution in [0.1, 0.15) is 12.0 Å². The van der Waals surface area contributed by atoms with Crippen LogP contribution in [0.4, 0.5) is 5.69 Å². The van der Waals surface area contributed by atoms with Crippen molar-refractivity contribution >= 4 is 29.1 Å². The first kappa shape index (κ1) is 18.7. The van der Waals surface area contributed by atoms with Crippen molar-refractivity contribution in [3.05, 3.63) is 53.3 Å². The highest BCUT2D eigenvalue weighted by atomic mass is 35.5. The Bertz CT molecular complexity index is 738. The first-order valence-corrected chi connectivity index (χ1v) is 8.13. The van der Waals surface area contributed by atoms with Crippen LogP contribution in [0.5, 0.6) is 5.75 Å². The molecule has 0 spiro atoms. The van der Waals surface area contributed by atoms with Crippen LogP contribution in [0.25, 0.3) is 0 Å². The van der Waals surface area contributed by atoms with Gasteiger partial charge < -0.3 is 15.0 Å². The lowest BCUT2D eigenvalue weighted by Gasteiger charge is -2.17. The number of aromatic nitrogens is 1. The SMILES string of the molecule is COc1ccc(Cl)cc1NC(=O)CC(=O)N(C)CCc1ccncc1. The van der Waals surface area contributed by atoms with Gasteiger partial charge in [0.1, 0.15) is 12.2 Å². The number of likely N-dealkylation sites (N-methyl/N-ethyl adjacent to an activating group) is 1. The van der Waals surface area contributed by atoms with Crippen molar-refractivity contribution in [2.45, 2.75) is 12.8 Å². The third-order valence-electron chi connectivity index (χ3n) is 3.66. The molecule has 1 aromatic carbocycles. The maximum Gasteiger partial charge on any atom is 0.233 e. The van der Waals surface area contributed by atoms with E-state index in [1.165, 1.54) is 12.0 Å². The number of carbonyl (C=O) groups is 2. The lowest BCUT2D eigenvalue weighted by Crippen LogP contribution is -2.32. The van der Waals surface area contributed by atoms with Crippen LogP contribution < -0.4 is 10.1 Å². The number of hydrogen-bond acceptors (Lipinski definition) is 4. The molecule has 1 aromatic heterocycles. The van der Waals surface area contributed by atoms with Crippen LogP contribution in [-0.2, 0) is 16.0 Å². The zero-order valence-corrected chi connectivity index (χ0v) is 14.9. The molecule has 0 saturated carbocycles. The summed E-state index contributed by atoms with van der Waals surface area (Å²) in [5.41, 5.74) is 1.52. The number of nitrogens with zero attached hydrogens (tertiary/aromatic N) is 2. The zero-order chi connectivity index (χ0) is 18.2. The van der Waals surface area contributed by atoms with E-state index in [1.54, 1.807) is 37.6 Å². The molecule has 1 N–H and O–H groups in total. The van der Waals surface area contributed by atoms with Crippen LogP contribution in [0.15, 0.2) is 42.7 Å². The Labute approximate surface area is 151 Å². The molecule has 6 nitrogen and oxygen atoms in total. The minimum absolute atomic E-state index is 0.248. The van der Waals surface area contributed by atoms with Gasteiger partial charge in [-0.2, -0.15) is 0 Å². The van der Waals surface area contributed by atoms with Gasteiger partial charge in [0.2, 0.25) is 11.8 Å². The maximum atomic E-state index is 12.2. The summed E-state index contributed by atoms with van der Waals surface area (Å²) in [5.74, 6) is -0.190. The number of methoxy groups -OCH3 is 1. The molecule has 2 aromatic rings. The molecular weight excluding hydrogens is 342 g/mol. The van der Waals surface area contributed by atoms with Crippen LogP contribution in [0, 0.1) is 0 Å². The number of amides is 2. The van der Waals surface area contributed by atoms with Gasteiger partial charge in [-0.05, 0) is 42.3 Å². The number of halogens is 1. The van der Waals surface area contributed by atoms with Gasteiger partial charge >= 0.3 is 0 Å². The molecule has 0 fully saturated rings. The van der Waals surface area contributed by atoms with Crippen LogP contribution in [-0.4, -0.2) is 42.4 Å². The molecule has 0 radical (unpaired) electrons. The molecule has 0 aliphatic rings. The predicted molar refractivity (Wildman–Crippen MR) is 96.8 cm³/mol. The molecule has 7 heteroatoms. The molecule has 25 heavy (non-hydrogen) atoms. The smallest absolute Gasteiger partial charge is 0.233 e. The van der Waals surface area contributed by atoms with E-state index < -0.39 is 5.91 Å². The molecule has 0 unspecified atom stereocenters. The summed E-state index contributed by atoms with van der Waals surface area (Å²) in [6, 6.07) is 8.69. The second kappa shape index (κ2) is 9.03. The van der Waals surface area contributed by atoms with Gasteiger partial charge in [-0.25, -0.2) is 0 Å². The van der Waals surface area contributed by atoms with Crippen LogP contribution in [0.3, 0.4) is 0 Å². The minimum Gasteiger partial charge on any atom is -0.495 e. The van der Waals surface area contributed by atoms with E-state index in [9.17, 15) is 9.59 Å². The van der Waals surface area contributed by atoms with Crippen molar-refractivity contribution in [1.82, 2.24) is 9.88 Å². The van der Waals surface area contributed by atoms with E-state index in [-0.39, 0.29) is 12.3 Å². The fourth-order valence-electron chi connectivity index (χ4n) is 2.22. The van der Waals surface area contributed by atoms with E-state index in [0.717, 1.165) is 5.56 Å². The molecule has 132 valence electrons. The standard InChI is InChI=1S/C18H20ClN3O3/c1-22(10-7-13-5-8-20-9-6-13)18(24)12-17(23)21-15-11-14(19)3-4-16(15)25-2/h3-6,8-9,11H,7,10,12H2,1-2H3,(H,21,23). The van der Waals surface area contributed by atoms with E-state index >= 15 is 0 Å². The Morgan fingerprint density at radius 1 is 1.24 bits per heavy atom. The second-order valence-electron chi connectivity index (χ2n) is 5.49. The number of hydrogen-bond donors (Lipinski definition) is 1. The lowest BCUT2D eigenvalue weighted by atomic mass is 10.2. The number of benzene rings is 1. The van der Waals surface area contributed by atoms with Gasteiger partial charge in [0.25, 0.3) is 0 Å². The Hall–Kier alpha value is -2.60. The molecule has 2 amide bonds. The van der Waals surface area contributed by atoms with Crippen molar-refractivity contribution in [1.29, 1.82) is 0 Å². The maximum absolute atomic E-state index is 12.2. The van der Waals surface area contributed by atoms with Gasteiger partial charge in [0, 0.05) is 31.0 Å². The summed E-state index contributed by atoms with van der Waals surface area (Å²) in [5, 5.41) is 3.13. The average Bonchev–Trinajstić information content (AvgIpc) is 2.60. The summed E-state index contributed by atoms with van der Waals surface area (Å²) in [6.45, 7) is 0.524. The zero-order valence-electron chi connectivity index (χ0n) is 14.2. The molecule has 1 heterocycles. The summed E-state index contributed by atoms with van der Waals surface area (Å²) in [7, 11) is 3.17. The van der Waals surface area contributed by atoms with Crippen molar-refractivity contribution in [3.8, 4) is 5.75 Å². The number of carbonyl (C=O) groups excluding carboxylic acids is 2. The summed E-state index contributed by atoms with van der Waals surface area (Å²) in [6.07, 6.45) is 3.88. The highest BCUT2D eigenvalue weighted by molar-refractivity contribution is 6.31. The van der Waals surface area contributed by atoms with Crippen molar-refractivity contribution in [3.63, 3.8) is 0 Å². The Morgan fingerprint density at radius 3 is 2.64 bits per heavy atom. The number of anilines is 1. The summed E-state index contributed by atoms with van der Waals surface area (Å²) in [4.78, 5) is 29.8. The number of rotatable bonds is 7. The number of pyridine rings is 1. The quantitative estimate of drug-likeness (QED) is 0.770. The Morgan fingerprint density at radius 2 is 1.96 bits per heavy atom. The van der Waals surface area contributed by atoms with Gasteiger partial charge in [-0.3, -0.25) is 14.6 Å². The normalized spacial score (nSPS) is 10.2. The van der Waals surface area contributed by atoms with E-state index in [0.29, 0.717) is 29.4 Å². The molecule has 0 saturated heterocycles. The summed E-state index contributed by atoms with van der Waals surface area (Å²) >= 11 is 5.93. The highest BCUT2D eigenvalue weighted by Crippen LogP contribution is 2.27. The number of nitrogens with one attached hydrogen (secondary N) is 1. The predicted octanol–water partition coefficient (Wildman–Crippen LogP) is 2.77. The molecular formula is C18H20ClN3O3. The fraction of sp³-hybridized carbons (Fsp3) is 0.278. The Balaban J connectivity index is 1.87. The van der Waals surface area contributed by atoms with E-state index in [4.69, 9.17) is 16.3 Å². The van der Waals surface area contributed by atoms with Gasteiger partial charge in [0.15, 0.2) is 0 Å². The second-order valence-corrected chi connectivity index (χ2v) is 5.93. The van der Waals surface area contributed by atoms with Crippen LogP contribution in [0.2, 0.25) is 5.02 Å². The first-order valence-electron chi connectivity index (χ1n) is 7.76. The average molecular weight is 362 g/mol. The van der Waals surface area contributed by atoms with Gasteiger partial charge in [0.05, 0.1) is 12.8 Å². The lowest BCUT2D eigenvalue weighted by molar-refractivity contribution is -0.133. The molecule has 0 aliphatic carbocycles. The molecule has 0 bridgehead atoms. The largest absolute Gasteiger partial charge is 0.495 e. The highest BCUT2D eigenvalue weighted by Gasteiger charge is 2.15. The first-order chi connectivity index (χ1) is 12.0. The van der Waals surface area contributed by atoms with Gasteiger partial charge in [-0.15, -0.1) is 0 Å². The third kappa shape index (κ3) is 5.76. The Kier molecular flexibility index (Phi) is 6.77. The van der Waals surface area contributed by atoms with E-state index in [1.807, 2.05) is 12.1 Å². The molecule has 0 aliphatic heterocycles. The number of ether oxygens (including phenoxy) is 1. The third-order valence-corrected chi connectivity index (χ3v) is 3.89. The van der Waals surface area contributed by atoms with Crippen molar-refractivity contribution in [2.75, 3.05) is 26.0 Å².